The van der Waals surface area contributed by atoms with Crippen molar-refractivity contribution in [2.45, 2.75) is 19.9 Å². The largest absolute Gasteiger partial charge is 0.345 e. The fraction of sp³-hybridized carbons (Fsp3) is 0.357. The summed E-state index contributed by atoms with van der Waals surface area (Å²) in [4.78, 5) is 25.8. The summed E-state index contributed by atoms with van der Waals surface area (Å²) in [5.74, 6) is -0.181. The lowest BCUT2D eigenvalue weighted by atomic mass is 10.2. The van der Waals surface area contributed by atoms with Gasteiger partial charge in [-0.05, 0) is 30.7 Å². The van der Waals surface area contributed by atoms with Crippen molar-refractivity contribution in [3.8, 4) is 0 Å². The van der Waals surface area contributed by atoms with E-state index in [4.69, 9.17) is 11.6 Å². The number of anilines is 1. The van der Waals surface area contributed by atoms with Crippen molar-refractivity contribution in [3.63, 3.8) is 0 Å². The van der Waals surface area contributed by atoms with Gasteiger partial charge in [-0.25, -0.2) is 9.48 Å². The molecule has 2 aromatic rings. The minimum Gasteiger partial charge on any atom is -0.311 e. The molecule has 1 aromatic heterocycles. The van der Waals surface area contributed by atoms with E-state index in [9.17, 15) is 9.59 Å². The number of hydrogen-bond donors (Lipinski definition) is 0. The third-order valence-electron chi connectivity index (χ3n) is 3.06. The Labute approximate surface area is 127 Å². The van der Waals surface area contributed by atoms with E-state index in [-0.39, 0.29) is 18.1 Å². The van der Waals surface area contributed by atoms with Crippen LogP contribution in [-0.4, -0.2) is 26.8 Å². The van der Waals surface area contributed by atoms with Crippen LogP contribution in [-0.2, 0) is 18.4 Å². The number of aryl methyl sites for hydroxylation is 1. The smallest absolute Gasteiger partial charge is 0.311 e. The Balaban J connectivity index is 2.21. The molecule has 0 saturated carbocycles. The highest BCUT2D eigenvalue weighted by Gasteiger charge is 2.17. The van der Waals surface area contributed by atoms with Crippen LogP contribution >= 0.6 is 11.6 Å². The molecule has 0 unspecified atom stereocenters. The summed E-state index contributed by atoms with van der Waals surface area (Å²) in [5.41, 5.74) is 0.450. The van der Waals surface area contributed by atoms with Crippen molar-refractivity contribution >= 4 is 23.2 Å². The van der Waals surface area contributed by atoms with Crippen molar-refractivity contribution in [1.82, 2.24) is 14.3 Å². The lowest BCUT2D eigenvalue weighted by Crippen LogP contribution is -2.37. The predicted molar refractivity (Wildman–Crippen MR) is 81.6 cm³/mol. The zero-order chi connectivity index (χ0) is 15.4. The lowest BCUT2D eigenvalue weighted by Gasteiger charge is -2.22. The Hall–Kier alpha value is -2.08. The molecule has 1 amide bonds. The molecule has 0 aliphatic rings. The van der Waals surface area contributed by atoms with Crippen molar-refractivity contribution in [1.29, 1.82) is 0 Å². The quantitative estimate of drug-likeness (QED) is 0.844. The van der Waals surface area contributed by atoms with E-state index in [0.717, 1.165) is 16.8 Å². The molecule has 7 heteroatoms. The van der Waals surface area contributed by atoms with Gasteiger partial charge >= 0.3 is 5.69 Å². The molecule has 0 aliphatic heterocycles. The third-order valence-corrected chi connectivity index (χ3v) is 3.31. The minimum absolute atomic E-state index is 0.0811. The van der Waals surface area contributed by atoms with Gasteiger partial charge in [-0.3, -0.25) is 9.36 Å². The van der Waals surface area contributed by atoms with E-state index in [2.05, 4.69) is 5.10 Å². The average Bonchev–Trinajstić information content (AvgIpc) is 2.78. The first kappa shape index (κ1) is 15.3. The zero-order valence-corrected chi connectivity index (χ0v) is 12.7. The molecule has 0 bridgehead atoms. The Kier molecular flexibility index (Phi) is 4.80. The highest BCUT2D eigenvalue weighted by atomic mass is 35.5. The summed E-state index contributed by atoms with van der Waals surface area (Å²) >= 11 is 5.86. The van der Waals surface area contributed by atoms with Gasteiger partial charge in [0.05, 0.1) is 0 Å². The first-order chi connectivity index (χ1) is 10.0. The maximum absolute atomic E-state index is 12.4. The summed E-state index contributed by atoms with van der Waals surface area (Å²) in [6.07, 6.45) is 2.20. The number of carbonyl (C=O) groups excluding carboxylic acids is 1. The standard InChI is InChI=1S/C14H17ClN4O2/c1-3-8-18(12-6-4-11(15)5-7-12)13(20)9-19-14(21)17(2)10-16-19/h4-7,10H,3,8-9H2,1-2H3. The Morgan fingerprint density at radius 1 is 1.33 bits per heavy atom. The lowest BCUT2D eigenvalue weighted by molar-refractivity contribution is -0.119. The molecule has 6 nitrogen and oxygen atoms in total. The number of aromatic nitrogens is 3. The van der Waals surface area contributed by atoms with E-state index in [1.165, 1.54) is 10.9 Å². The van der Waals surface area contributed by atoms with Gasteiger partial charge in [0.2, 0.25) is 5.91 Å². The van der Waals surface area contributed by atoms with Crippen LogP contribution in [0.4, 0.5) is 5.69 Å². The van der Waals surface area contributed by atoms with Crippen molar-refractivity contribution in [2.75, 3.05) is 11.4 Å². The topological polar surface area (TPSA) is 60.1 Å². The summed E-state index contributed by atoms with van der Waals surface area (Å²) in [6, 6.07) is 7.05. The Bertz CT molecular complexity index is 675. The third kappa shape index (κ3) is 3.52. The molecule has 0 spiro atoms. The molecular weight excluding hydrogens is 292 g/mol. The van der Waals surface area contributed by atoms with Crippen LogP contribution in [0.25, 0.3) is 0 Å². The van der Waals surface area contributed by atoms with Crippen LogP contribution in [0.3, 0.4) is 0 Å². The van der Waals surface area contributed by atoms with Gasteiger partial charge in [-0.1, -0.05) is 18.5 Å². The van der Waals surface area contributed by atoms with E-state index in [1.54, 1.807) is 36.2 Å². The Morgan fingerprint density at radius 2 is 2.00 bits per heavy atom. The fourth-order valence-electron chi connectivity index (χ4n) is 1.99. The van der Waals surface area contributed by atoms with Crippen LogP contribution < -0.4 is 10.6 Å². The average molecular weight is 309 g/mol. The number of halogens is 1. The molecule has 2 rings (SSSR count). The predicted octanol–water partition coefficient (Wildman–Crippen LogP) is 1.68. The van der Waals surface area contributed by atoms with Crippen molar-refractivity contribution in [3.05, 3.63) is 46.1 Å². The highest BCUT2D eigenvalue weighted by molar-refractivity contribution is 6.30. The monoisotopic (exact) mass is 308 g/mol. The van der Waals surface area contributed by atoms with Gasteiger partial charge in [0.15, 0.2) is 0 Å². The molecule has 21 heavy (non-hydrogen) atoms. The maximum Gasteiger partial charge on any atom is 0.345 e. The summed E-state index contributed by atoms with van der Waals surface area (Å²) in [5, 5.41) is 4.52. The molecule has 0 aliphatic carbocycles. The van der Waals surface area contributed by atoms with E-state index < -0.39 is 0 Å². The van der Waals surface area contributed by atoms with Gasteiger partial charge in [-0.2, -0.15) is 5.10 Å². The summed E-state index contributed by atoms with van der Waals surface area (Å²) < 4.78 is 2.49. The van der Waals surface area contributed by atoms with Crippen LogP contribution in [0, 0.1) is 0 Å². The molecule has 0 fully saturated rings. The SMILES string of the molecule is CCCN(C(=O)Cn1ncn(C)c1=O)c1ccc(Cl)cc1. The highest BCUT2D eigenvalue weighted by Crippen LogP contribution is 2.18. The van der Waals surface area contributed by atoms with Gasteiger partial charge in [0.1, 0.15) is 12.9 Å². The molecule has 1 aromatic carbocycles. The molecule has 0 N–H and O–H groups in total. The van der Waals surface area contributed by atoms with Gasteiger partial charge in [-0.15, -0.1) is 0 Å². The van der Waals surface area contributed by atoms with Gasteiger partial charge in [0, 0.05) is 24.3 Å². The molecule has 1 heterocycles. The first-order valence-corrected chi connectivity index (χ1v) is 7.05. The molecule has 0 saturated heterocycles. The van der Waals surface area contributed by atoms with E-state index in [0.29, 0.717) is 11.6 Å². The van der Waals surface area contributed by atoms with Gasteiger partial charge in [0.25, 0.3) is 0 Å². The number of hydrogen-bond acceptors (Lipinski definition) is 3. The fourth-order valence-corrected chi connectivity index (χ4v) is 2.11. The van der Waals surface area contributed by atoms with Crippen LogP contribution in [0.15, 0.2) is 35.4 Å². The normalized spacial score (nSPS) is 10.6. The zero-order valence-electron chi connectivity index (χ0n) is 12.0. The van der Waals surface area contributed by atoms with Crippen LogP contribution in [0.5, 0.6) is 0 Å². The van der Waals surface area contributed by atoms with Gasteiger partial charge < -0.3 is 4.90 Å². The second kappa shape index (κ2) is 6.58. The Morgan fingerprint density at radius 3 is 2.52 bits per heavy atom. The second-order valence-electron chi connectivity index (χ2n) is 4.70. The summed E-state index contributed by atoms with van der Waals surface area (Å²) in [6.45, 7) is 2.48. The molecular formula is C14H17ClN4O2. The maximum atomic E-state index is 12.4. The molecule has 0 radical (unpaired) electrons. The number of carbonyl (C=O) groups is 1. The van der Waals surface area contributed by atoms with E-state index in [1.807, 2.05) is 6.92 Å². The number of rotatable bonds is 5. The van der Waals surface area contributed by atoms with Crippen LogP contribution in [0.2, 0.25) is 5.02 Å². The van der Waals surface area contributed by atoms with Crippen molar-refractivity contribution in [2.24, 2.45) is 7.05 Å². The van der Waals surface area contributed by atoms with Crippen molar-refractivity contribution < 1.29 is 4.79 Å². The van der Waals surface area contributed by atoms with Crippen LogP contribution in [0.1, 0.15) is 13.3 Å². The second-order valence-corrected chi connectivity index (χ2v) is 5.14. The summed E-state index contributed by atoms with van der Waals surface area (Å²) in [7, 11) is 1.60. The number of amides is 1. The van der Waals surface area contributed by atoms with E-state index >= 15 is 0 Å². The number of benzene rings is 1. The number of nitrogens with zero attached hydrogens (tertiary/aromatic N) is 4. The minimum atomic E-state index is -0.309. The molecule has 0 atom stereocenters. The molecule has 112 valence electrons. The first-order valence-electron chi connectivity index (χ1n) is 6.67.